The van der Waals surface area contributed by atoms with Gasteiger partial charge in [-0.3, -0.25) is 24.5 Å². The van der Waals surface area contributed by atoms with Crippen molar-refractivity contribution in [2.45, 2.75) is 93.2 Å². The number of nitrogens with one attached hydrogen (secondary N) is 3. The molecule has 5 aromatic carbocycles. The van der Waals surface area contributed by atoms with Crippen LogP contribution in [0.1, 0.15) is 81.2 Å². The monoisotopic (exact) mass is 1030 g/mol. The highest BCUT2D eigenvalue weighted by Crippen LogP contribution is 2.41. The molecule has 2 amide bonds. The molecule has 22 heteroatoms. The molecule has 1 aliphatic carbocycles. The Labute approximate surface area is 419 Å². The number of imide groups is 1. The van der Waals surface area contributed by atoms with Gasteiger partial charge in [0, 0.05) is 39.0 Å². The van der Waals surface area contributed by atoms with E-state index in [-0.39, 0.29) is 45.9 Å². The number of benzene rings is 5. The van der Waals surface area contributed by atoms with Gasteiger partial charge in [0.25, 0.3) is 10.1 Å². The molecule has 1 heterocycles. The Bertz CT molecular complexity index is 2900. The van der Waals surface area contributed by atoms with E-state index in [9.17, 15) is 27.7 Å². The Morgan fingerprint density at radius 2 is 1.68 bits per heavy atom. The van der Waals surface area contributed by atoms with Gasteiger partial charge < -0.3 is 15.7 Å². The fraction of sp³-hybridized carbons (Fsp3) is 0.327. The van der Waals surface area contributed by atoms with Crippen molar-refractivity contribution in [3.63, 3.8) is 0 Å². The average Bonchev–Trinajstić information content (AvgIpc) is 3.35. The molecule has 0 bridgehead atoms. The summed E-state index contributed by atoms with van der Waals surface area (Å²) in [5.41, 5.74) is 7.49. The minimum Gasteiger partial charge on any atom is -0.382 e. The van der Waals surface area contributed by atoms with Crippen molar-refractivity contribution in [2.24, 2.45) is 21.2 Å². The highest BCUT2D eigenvalue weighted by Gasteiger charge is 2.42. The molecule has 1 saturated heterocycles. The summed E-state index contributed by atoms with van der Waals surface area (Å²) >= 11 is 1.33. The molecule has 3 unspecified atom stereocenters. The smallest absolute Gasteiger partial charge is 0.294 e. The number of piperidine rings is 1. The fourth-order valence-electron chi connectivity index (χ4n) is 9.22. The number of amides is 2. The van der Waals surface area contributed by atoms with E-state index in [1.54, 1.807) is 60.7 Å². The number of hydrazone groups is 1. The van der Waals surface area contributed by atoms with Gasteiger partial charge in [-0.05, 0) is 149 Å². The molecule has 1 aliphatic heterocycles. The minimum absolute atomic E-state index is 0.00191. The van der Waals surface area contributed by atoms with Crippen molar-refractivity contribution in [3.8, 4) is 0 Å². The molecule has 7 N–H and O–H groups in total. The van der Waals surface area contributed by atoms with Crippen molar-refractivity contribution in [1.29, 1.82) is 0 Å². The Balaban J connectivity index is 1.06. The molecule has 3 atom stereocenters. The molecule has 19 nitrogen and oxygen atoms in total. The van der Waals surface area contributed by atoms with Crippen LogP contribution in [0.2, 0.25) is 0 Å². The van der Waals surface area contributed by atoms with Gasteiger partial charge in [0.15, 0.2) is 0 Å². The largest absolute Gasteiger partial charge is 0.382 e. The summed E-state index contributed by atoms with van der Waals surface area (Å²) < 4.78 is 43.6. The normalized spacial score (nSPS) is 19.4. The zero-order valence-corrected chi connectivity index (χ0v) is 41.7. The van der Waals surface area contributed by atoms with Gasteiger partial charge in [-0.1, -0.05) is 59.0 Å². The Morgan fingerprint density at radius 3 is 2.38 bits per heavy atom. The number of aliphatic hydroxyl groups is 1. The first-order valence-corrected chi connectivity index (χ1v) is 25.5. The summed E-state index contributed by atoms with van der Waals surface area (Å²) in [6.45, 7) is 8.70. The van der Waals surface area contributed by atoms with Crippen LogP contribution in [0.3, 0.4) is 0 Å². The Kier molecular flexibility index (Phi) is 17.8. The molecule has 5 aromatic rings. The lowest BCUT2D eigenvalue weighted by molar-refractivity contribution is -0.432. The summed E-state index contributed by atoms with van der Waals surface area (Å²) in [4.78, 5) is 27.6. The number of fused-ring (bicyclic) bond motifs is 2. The van der Waals surface area contributed by atoms with Crippen LogP contribution in [-0.4, -0.2) is 75.7 Å². The Morgan fingerprint density at radius 1 is 0.930 bits per heavy atom. The SMILES string of the molecule is CCC1(CCN(C=O)C(=O)CNc2ccc3c(c2)C(O)/C(=N\Nc2ccc(N=Nc4ccc(SOOO)cc4)c4ccc(S(=O)(=O)O)cc24)C(SOOO)=C3)CC(CCc2ccc(C)cc2)CC(C)(C)N1. The number of azo groups is 1. The lowest BCUT2D eigenvalue weighted by Crippen LogP contribution is -2.61. The number of hydrogen-bond acceptors (Lipinski definition) is 19. The average molecular weight is 1030 g/mol. The number of hydrogen-bond donors (Lipinski definition) is 7. The van der Waals surface area contributed by atoms with Crippen molar-refractivity contribution >= 4 is 91.8 Å². The fourth-order valence-corrected chi connectivity index (χ4v) is 10.6. The van der Waals surface area contributed by atoms with Gasteiger partial charge in [-0.2, -0.15) is 18.6 Å². The van der Waals surface area contributed by atoms with Crippen LogP contribution in [0.4, 0.5) is 22.7 Å². The van der Waals surface area contributed by atoms with Gasteiger partial charge >= 0.3 is 0 Å². The lowest BCUT2D eigenvalue weighted by atomic mass is 9.70. The number of carbonyl (C=O) groups is 2. The van der Waals surface area contributed by atoms with E-state index in [0.717, 1.165) is 44.1 Å². The van der Waals surface area contributed by atoms with Crippen molar-refractivity contribution in [1.82, 2.24) is 10.2 Å². The molecule has 0 radical (unpaired) electrons. The van der Waals surface area contributed by atoms with Crippen LogP contribution in [-0.2, 0) is 44.9 Å². The predicted molar refractivity (Wildman–Crippen MR) is 271 cm³/mol. The topological polar surface area (TPSA) is 263 Å². The quantitative estimate of drug-likeness (QED) is 0.00849. The van der Waals surface area contributed by atoms with Crippen molar-refractivity contribution in [2.75, 3.05) is 23.8 Å². The maximum Gasteiger partial charge on any atom is 0.294 e. The van der Waals surface area contributed by atoms with Crippen molar-refractivity contribution < 1.29 is 56.9 Å². The standard InChI is InChI=1S/C49H55N7O12S3/c1-5-49(28-33(27-48(3,4)55-49)11-10-32-8-6-31(2)7-9-32)22-23-56(30-57)45(58)29-50-36-13-12-34-24-44(70-68-66-61)46(47(59)40(34)25-36)54-53-43-21-20-42(39-19-18-38(26-41(39)43)71(62,63)64)52-51-35-14-16-37(17-15-35)69-67-65-60/h6-9,12-21,24-26,30,33,47,50,53,55,59-61H,5,10-11,22-23,27-29H2,1-4H3,(H,62,63,64)/b52-51?,54-46-. The van der Waals surface area contributed by atoms with Crippen LogP contribution < -0.4 is 16.1 Å². The maximum absolute atomic E-state index is 13.6. The molecule has 0 aromatic heterocycles. The summed E-state index contributed by atoms with van der Waals surface area (Å²) in [7, 11) is -4.65. The third-order valence-electron chi connectivity index (χ3n) is 12.6. The van der Waals surface area contributed by atoms with Crippen LogP contribution in [0.25, 0.3) is 16.8 Å². The number of anilines is 2. The first-order chi connectivity index (χ1) is 34.0. The molecule has 2 aliphatic rings. The first kappa shape index (κ1) is 53.2. The number of aryl methyl sites for hydroxylation is 2. The van der Waals surface area contributed by atoms with Gasteiger partial charge in [0.05, 0.1) is 57.5 Å². The van der Waals surface area contributed by atoms with E-state index in [2.05, 4.69) is 97.8 Å². The van der Waals surface area contributed by atoms with Crippen molar-refractivity contribution in [3.05, 3.63) is 124 Å². The first-order valence-electron chi connectivity index (χ1n) is 22.6. The van der Waals surface area contributed by atoms with E-state index in [0.29, 0.717) is 69.3 Å². The number of nitrogens with zero attached hydrogens (tertiary/aromatic N) is 4. The molecule has 0 spiro atoms. The van der Waals surface area contributed by atoms with Crippen LogP contribution in [0.5, 0.6) is 0 Å². The molecule has 71 heavy (non-hydrogen) atoms. The summed E-state index contributed by atoms with van der Waals surface area (Å²) in [5.74, 6) is 0.0490. The zero-order chi connectivity index (χ0) is 50.8. The van der Waals surface area contributed by atoms with Crippen LogP contribution in [0.15, 0.2) is 127 Å². The third kappa shape index (κ3) is 13.9. The van der Waals surface area contributed by atoms with Gasteiger partial charge in [-0.15, -0.1) is 13.8 Å². The third-order valence-corrected chi connectivity index (χ3v) is 14.7. The van der Waals surface area contributed by atoms with Gasteiger partial charge in [-0.25, -0.2) is 10.5 Å². The lowest BCUT2D eigenvalue weighted by Gasteiger charge is -2.50. The molecular weight excluding hydrogens is 975 g/mol. The number of carbonyl (C=O) groups excluding carboxylic acids is 2. The van der Waals surface area contributed by atoms with Gasteiger partial charge in [0.1, 0.15) is 11.8 Å². The summed E-state index contributed by atoms with van der Waals surface area (Å²) in [6.07, 6.45) is 6.22. The minimum atomic E-state index is -4.65. The molecular formula is C49H55N7O12S3. The molecule has 1 fully saturated rings. The van der Waals surface area contributed by atoms with E-state index >= 15 is 0 Å². The maximum atomic E-state index is 13.6. The molecule has 0 saturated carbocycles. The van der Waals surface area contributed by atoms with Gasteiger partial charge in [0.2, 0.25) is 12.3 Å². The second kappa shape index (κ2) is 23.7. The highest BCUT2D eigenvalue weighted by atomic mass is 32.2. The number of aliphatic hydroxyl groups excluding tert-OH is 1. The Hall–Kier alpha value is -5.60. The zero-order valence-electron chi connectivity index (χ0n) is 39.3. The van der Waals surface area contributed by atoms with Crippen LogP contribution >= 0.6 is 24.1 Å². The number of rotatable bonds is 22. The predicted octanol–water partition coefficient (Wildman–Crippen LogP) is 10.5. The molecule has 376 valence electrons. The van der Waals surface area contributed by atoms with E-state index in [1.165, 1.54) is 34.2 Å². The van der Waals surface area contributed by atoms with E-state index in [4.69, 9.17) is 14.8 Å². The second-order valence-corrected chi connectivity index (χ2v) is 21.0. The summed E-state index contributed by atoms with van der Waals surface area (Å²) in [5, 5.41) is 57.5. The second-order valence-electron chi connectivity index (χ2n) is 18.1. The summed E-state index contributed by atoms with van der Waals surface area (Å²) in [6, 6.07) is 27.4. The van der Waals surface area contributed by atoms with E-state index in [1.807, 2.05) is 0 Å². The van der Waals surface area contributed by atoms with Crippen LogP contribution in [0, 0.1) is 12.8 Å². The molecule has 7 rings (SSSR count). The van der Waals surface area contributed by atoms with E-state index < -0.39 is 27.0 Å². The highest BCUT2D eigenvalue weighted by molar-refractivity contribution is 7.99.